The summed E-state index contributed by atoms with van der Waals surface area (Å²) in [6.07, 6.45) is 0. The van der Waals surface area contributed by atoms with Gasteiger partial charge in [-0.2, -0.15) is 5.10 Å². The van der Waals surface area contributed by atoms with Crippen LogP contribution in [0.3, 0.4) is 0 Å². The second kappa shape index (κ2) is 5.16. The van der Waals surface area contributed by atoms with Crippen molar-refractivity contribution in [2.45, 2.75) is 13.8 Å². The molecule has 0 bridgehead atoms. The van der Waals surface area contributed by atoms with E-state index in [1.54, 1.807) is 10.7 Å². The van der Waals surface area contributed by atoms with E-state index in [4.69, 9.17) is 11.6 Å². The van der Waals surface area contributed by atoms with Gasteiger partial charge in [-0.15, -0.1) is 11.3 Å². The van der Waals surface area contributed by atoms with Gasteiger partial charge in [-0.1, -0.05) is 11.6 Å². The van der Waals surface area contributed by atoms with Crippen LogP contribution in [0, 0.1) is 13.8 Å². The molecule has 4 nitrogen and oxygen atoms in total. The number of nitrogens with zero attached hydrogens (tertiary/aromatic N) is 2. The maximum Gasteiger partial charge on any atom is 0.265 e. The largest absolute Gasteiger partial charge is 0.321 e. The minimum atomic E-state index is -0.110. The topological polar surface area (TPSA) is 46.9 Å². The molecule has 2 heterocycles. The Kier molecular flexibility index (Phi) is 3.47. The first-order valence-corrected chi connectivity index (χ1v) is 7.66. The maximum atomic E-state index is 12.4. The van der Waals surface area contributed by atoms with Crippen molar-refractivity contribution in [3.8, 4) is 0 Å². The molecule has 6 heteroatoms. The number of amides is 1. The summed E-state index contributed by atoms with van der Waals surface area (Å²) in [7, 11) is 1.89. The fourth-order valence-corrected chi connectivity index (χ4v) is 3.51. The summed E-state index contributed by atoms with van der Waals surface area (Å²) in [4.78, 5) is 14.1. The number of rotatable bonds is 2. The fourth-order valence-electron chi connectivity index (χ4n) is 2.27. The molecule has 21 heavy (non-hydrogen) atoms. The molecular formula is C15H14ClN3OS. The van der Waals surface area contributed by atoms with Crippen molar-refractivity contribution in [2.24, 2.45) is 7.05 Å². The molecule has 0 aliphatic heterocycles. The summed E-state index contributed by atoms with van der Waals surface area (Å²) in [5.41, 5.74) is 2.65. The lowest BCUT2D eigenvalue weighted by Crippen LogP contribution is -2.11. The number of fused-ring (bicyclic) bond motifs is 1. The normalized spacial score (nSPS) is 11.0. The number of hydrogen-bond donors (Lipinski definition) is 1. The summed E-state index contributed by atoms with van der Waals surface area (Å²) >= 11 is 7.37. The number of hydrogen-bond acceptors (Lipinski definition) is 3. The second-order valence-electron chi connectivity index (χ2n) is 4.95. The number of carbonyl (C=O) groups excluding carboxylic acids is 1. The number of aryl methyl sites for hydroxylation is 3. The molecule has 3 rings (SSSR count). The number of benzene rings is 1. The van der Waals surface area contributed by atoms with Crippen molar-refractivity contribution in [3.05, 3.63) is 45.4 Å². The molecule has 0 aliphatic carbocycles. The molecule has 0 saturated heterocycles. The zero-order valence-corrected chi connectivity index (χ0v) is 13.5. The van der Waals surface area contributed by atoms with Crippen LogP contribution in [0.15, 0.2) is 24.3 Å². The minimum absolute atomic E-state index is 0.110. The third kappa shape index (κ3) is 2.54. The molecule has 0 unspecified atom stereocenters. The summed E-state index contributed by atoms with van der Waals surface area (Å²) in [5.74, 6) is -0.110. The van der Waals surface area contributed by atoms with Gasteiger partial charge >= 0.3 is 0 Å². The molecule has 0 fully saturated rings. The van der Waals surface area contributed by atoms with Gasteiger partial charge in [0, 0.05) is 23.1 Å². The van der Waals surface area contributed by atoms with Crippen molar-refractivity contribution in [1.29, 1.82) is 0 Å². The van der Waals surface area contributed by atoms with Gasteiger partial charge < -0.3 is 5.32 Å². The number of halogens is 1. The zero-order chi connectivity index (χ0) is 15.1. The third-order valence-electron chi connectivity index (χ3n) is 3.36. The van der Waals surface area contributed by atoms with Crippen LogP contribution in [0.4, 0.5) is 5.69 Å². The highest BCUT2D eigenvalue weighted by Gasteiger charge is 2.15. The lowest BCUT2D eigenvalue weighted by atomic mass is 10.2. The predicted molar refractivity (Wildman–Crippen MR) is 87.5 cm³/mol. The standard InChI is InChI=1S/C15H14ClN3OS/c1-8-6-10(16)4-5-12(8)17-14(20)13-7-11-9(2)18-19(3)15(11)21-13/h4-7H,1-3H3,(H,17,20). The Labute approximate surface area is 131 Å². The van der Waals surface area contributed by atoms with Gasteiger partial charge in [0.2, 0.25) is 0 Å². The van der Waals surface area contributed by atoms with E-state index in [9.17, 15) is 4.79 Å². The highest BCUT2D eigenvalue weighted by Crippen LogP contribution is 2.28. The molecule has 0 atom stereocenters. The molecule has 1 aromatic carbocycles. The fraction of sp³-hybridized carbons (Fsp3) is 0.200. The van der Waals surface area contributed by atoms with Gasteiger partial charge in [0.25, 0.3) is 5.91 Å². The van der Waals surface area contributed by atoms with Gasteiger partial charge in [-0.3, -0.25) is 9.48 Å². The molecule has 3 aromatic rings. The van der Waals surface area contributed by atoms with Crippen LogP contribution >= 0.6 is 22.9 Å². The van der Waals surface area contributed by atoms with Crippen LogP contribution in [-0.4, -0.2) is 15.7 Å². The Morgan fingerprint density at radius 2 is 2.10 bits per heavy atom. The molecule has 0 spiro atoms. The smallest absolute Gasteiger partial charge is 0.265 e. The first-order chi connectivity index (χ1) is 9.95. The molecule has 1 N–H and O–H groups in total. The van der Waals surface area contributed by atoms with Crippen LogP contribution < -0.4 is 5.32 Å². The van der Waals surface area contributed by atoms with Gasteiger partial charge in [0.1, 0.15) is 4.83 Å². The maximum absolute atomic E-state index is 12.4. The Hall–Kier alpha value is -1.85. The van der Waals surface area contributed by atoms with E-state index in [1.807, 2.05) is 39.1 Å². The van der Waals surface area contributed by atoms with Crippen LogP contribution in [0.25, 0.3) is 10.2 Å². The Morgan fingerprint density at radius 1 is 1.33 bits per heavy atom. The number of carbonyl (C=O) groups is 1. The van der Waals surface area contributed by atoms with E-state index in [0.717, 1.165) is 27.2 Å². The van der Waals surface area contributed by atoms with Gasteiger partial charge in [0.05, 0.1) is 10.6 Å². The predicted octanol–water partition coefficient (Wildman–Crippen LogP) is 4.16. The zero-order valence-electron chi connectivity index (χ0n) is 11.9. The summed E-state index contributed by atoms with van der Waals surface area (Å²) < 4.78 is 1.81. The van der Waals surface area contributed by atoms with E-state index in [2.05, 4.69) is 10.4 Å². The number of aromatic nitrogens is 2. The van der Waals surface area contributed by atoms with Crippen molar-refractivity contribution < 1.29 is 4.79 Å². The van der Waals surface area contributed by atoms with Crippen molar-refractivity contribution in [1.82, 2.24) is 9.78 Å². The number of anilines is 1. The summed E-state index contributed by atoms with van der Waals surface area (Å²) in [5, 5.41) is 8.96. The first-order valence-electron chi connectivity index (χ1n) is 6.46. The summed E-state index contributed by atoms with van der Waals surface area (Å²) in [6.45, 7) is 3.86. The van der Waals surface area contributed by atoms with E-state index >= 15 is 0 Å². The number of nitrogens with one attached hydrogen (secondary N) is 1. The van der Waals surface area contributed by atoms with Crippen LogP contribution in [0.5, 0.6) is 0 Å². The molecule has 108 valence electrons. The van der Waals surface area contributed by atoms with Crippen LogP contribution in [-0.2, 0) is 7.05 Å². The Bertz CT molecular complexity index is 816. The minimum Gasteiger partial charge on any atom is -0.321 e. The van der Waals surface area contributed by atoms with Crippen molar-refractivity contribution in [3.63, 3.8) is 0 Å². The third-order valence-corrected chi connectivity index (χ3v) is 4.79. The molecule has 0 aliphatic rings. The van der Waals surface area contributed by atoms with Crippen LogP contribution in [0.2, 0.25) is 5.02 Å². The molecule has 0 radical (unpaired) electrons. The summed E-state index contributed by atoms with van der Waals surface area (Å²) in [6, 6.07) is 7.30. The Balaban J connectivity index is 1.91. The van der Waals surface area contributed by atoms with E-state index in [1.165, 1.54) is 11.3 Å². The highest BCUT2D eigenvalue weighted by atomic mass is 35.5. The van der Waals surface area contributed by atoms with Gasteiger partial charge in [-0.25, -0.2) is 0 Å². The van der Waals surface area contributed by atoms with Gasteiger partial charge in [0.15, 0.2) is 0 Å². The van der Waals surface area contributed by atoms with E-state index in [0.29, 0.717) is 9.90 Å². The SMILES string of the molecule is Cc1cc(Cl)ccc1NC(=O)c1cc2c(C)nn(C)c2s1. The quantitative estimate of drug-likeness (QED) is 0.771. The molecule has 1 amide bonds. The van der Waals surface area contributed by atoms with Crippen molar-refractivity contribution >= 4 is 44.7 Å². The lowest BCUT2D eigenvalue weighted by molar-refractivity contribution is 0.103. The number of thiophene rings is 1. The average molecular weight is 320 g/mol. The highest BCUT2D eigenvalue weighted by molar-refractivity contribution is 7.20. The Morgan fingerprint density at radius 3 is 2.76 bits per heavy atom. The average Bonchev–Trinajstić information content (AvgIpc) is 2.96. The van der Waals surface area contributed by atoms with Crippen LogP contribution in [0.1, 0.15) is 20.9 Å². The lowest BCUT2D eigenvalue weighted by Gasteiger charge is -2.07. The van der Waals surface area contributed by atoms with E-state index < -0.39 is 0 Å². The van der Waals surface area contributed by atoms with Gasteiger partial charge in [-0.05, 0) is 43.7 Å². The monoisotopic (exact) mass is 319 g/mol. The molecule has 0 saturated carbocycles. The second-order valence-corrected chi connectivity index (χ2v) is 6.42. The van der Waals surface area contributed by atoms with E-state index in [-0.39, 0.29) is 5.91 Å². The molecular weight excluding hydrogens is 306 g/mol. The molecule has 2 aromatic heterocycles. The van der Waals surface area contributed by atoms with Crippen molar-refractivity contribution in [2.75, 3.05) is 5.32 Å². The first kappa shape index (κ1) is 14.1.